The maximum atomic E-state index is 13.2. The number of methoxy groups -OCH3 is 1. The van der Waals surface area contributed by atoms with Gasteiger partial charge in [0.25, 0.3) is 0 Å². The number of alkyl halides is 1. The molecule has 3 rings (SSSR count). The number of hydrogen-bond acceptors (Lipinski definition) is 3. The van der Waals surface area contributed by atoms with E-state index in [4.69, 9.17) is 4.74 Å². The Morgan fingerprint density at radius 3 is 2.71 bits per heavy atom. The molecule has 0 bridgehead atoms. The number of carbonyl (C=O) groups excluding carboxylic acids is 1. The van der Waals surface area contributed by atoms with Crippen LogP contribution in [0.2, 0.25) is 0 Å². The lowest BCUT2D eigenvalue weighted by molar-refractivity contribution is -0.153. The van der Waals surface area contributed by atoms with Crippen LogP contribution in [0.5, 0.6) is 0 Å². The minimum absolute atomic E-state index is 0.132. The lowest BCUT2D eigenvalue weighted by Gasteiger charge is -2.40. The molecule has 2 fully saturated rings. The molecule has 0 spiro atoms. The van der Waals surface area contributed by atoms with Gasteiger partial charge in [0.05, 0.1) is 12.6 Å². The lowest BCUT2D eigenvalue weighted by atomic mass is 9.88. The summed E-state index contributed by atoms with van der Waals surface area (Å²) in [7, 11) is 1.46. The van der Waals surface area contributed by atoms with Crippen LogP contribution < -0.4 is 0 Å². The van der Waals surface area contributed by atoms with Gasteiger partial charge in [0, 0.05) is 10.5 Å². The highest BCUT2D eigenvalue weighted by molar-refractivity contribution is 14.1. The molecule has 2 heterocycles. The van der Waals surface area contributed by atoms with E-state index in [2.05, 4.69) is 34.4 Å². The third-order valence-corrected chi connectivity index (χ3v) is 6.82. The molecular formula is C16H19FINO2. The first-order valence-corrected chi connectivity index (χ1v) is 8.46. The first kappa shape index (κ1) is 15.2. The van der Waals surface area contributed by atoms with Crippen molar-refractivity contribution >= 4 is 28.6 Å². The maximum Gasteiger partial charge on any atom is 0.326 e. The van der Waals surface area contributed by atoms with Crippen LogP contribution >= 0.6 is 22.6 Å². The first-order chi connectivity index (χ1) is 9.95. The Hall–Kier alpha value is -0.690. The molecular weight excluding hydrogens is 384 g/mol. The summed E-state index contributed by atoms with van der Waals surface area (Å²) in [6, 6.07) is 6.68. The van der Waals surface area contributed by atoms with Crippen LogP contribution in [0.15, 0.2) is 24.3 Å². The Morgan fingerprint density at radius 2 is 2.10 bits per heavy atom. The summed E-state index contributed by atoms with van der Waals surface area (Å²) in [5.41, 5.74) is 0.291. The normalized spacial score (nSPS) is 35.7. The van der Waals surface area contributed by atoms with E-state index in [1.165, 1.54) is 19.2 Å². The molecule has 0 radical (unpaired) electrons. The Bertz CT molecular complexity index is 564. The quantitative estimate of drug-likeness (QED) is 0.432. The molecule has 0 N–H and O–H groups in total. The number of benzene rings is 1. The highest BCUT2D eigenvalue weighted by Crippen LogP contribution is 2.55. The van der Waals surface area contributed by atoms with Gasteiger partial charge in [-0.1, -0.05) is 34.7 Å². The number of nitrogens with zero attached hydrogens (tertiary/aromatic N) is 1. The molecule has 1 aromatic rings. The number of rotatable bonds is 2. The molecule has 0 aromatic heterocycles. The molecule has 0 saturated carbocycles. The molecule has 2 aliphatic heterocycles. The molecule has 1 aromatic carbocycles. The molecule has 5 heteroatoms. The van der Waals surface area contributed by atoms with E-state index in [1.54, 1.807) is 0 Å². The van der Waals surface area contributed by atoms with Crippen LogP contribution in [0.1, 0.15) is 31.7 Å². The molecule has 2 aliphatic rings. The summed E-state index contributed by atoms with van der Waals surface area (Å²) in [6.07, 6.45) is 2.62. The zero-order chi connectivity index (χ0) is 15.3. The average molecular weight is 403 g/mol. The predicted molar refractivity (Wildman–Crippen MR) is 86.9 cm³/mol. The number of hydrogen-bond donors (Lipinski definition) is 0. The van der Waals surface area contributed by atoms with Gasteiger partial charge in [-0.25, -0.2) is 4.39 Å². The van der Waals surface area contributed by atoms with Crippen molar-refractivity contribution in [1.82, 2.24) is 4.90 Å². The van der Waals surface area contributed by atoms with E-state index in [9.17, 15) is 9.18 Å². The summed E-state index contributed by atoms with van der Waals surface area (Å²) in [5, 5.41) is 0. The van der Waals surface area contributed by atoms with Gasteiger partial charge in [-0.2, -0.15) is 0 Å². The van der Waals surface area contributed by atoms with E-state index in [0.29, 0.717) is 0 Å². The third kappa shape index (κ3) is 2.04. The van der Waals surface area contributed by atoms with Gasteiger partial charge in [-0.05, 0) is 43.9 Å². The Balaban J connectivity index is 2.07. The average Bonchev–Trinajstić information content (AvgIpc) is 2.99. The van der Waals surface area contributed by atoms with Crippen molar-refractivity contribution in [2.75, 3.05) is 13.7 Å². The molecule has 2 saturated heterocycles. The second kappa shape index (κ2) is 5.19. The van der Waals surface area contributed by atoms with E-state index in [0.717, 1.165) is 31.4 Å². The maximum absolute atomic E-state index is 13.2. The summed E-state index contributed by atoms with van der Waals surface area (Å²) in [4.78, 5) is 14.7. The van der Waals surface area contributed by atoms with Gasteiger partial charge >= 0.3 is 5.97 Å². The number of ether oxygens (including phenoxy) is 1. The second-order valence-electron chi connectivity index (χ2n) is 6.10. The Morgan fingerprint density at radius 1 is 1.43 bits per heavy atom. The van der Waals surface area contributed by atoms with Crippen molar-refractivity contribution in [3.05, 3.63) is 35.6 Å². The van der Waals surface area contributed by atoms with Gasteiger partial charge in [0.1, 0.15) is 11.4 Å². The second-order valence-corrected chi connectivity index (χ2v) is 7.61. The van der Waals surface area contributed by atoms with Gasteiger partial charge in [0.15, 0.2) is 0 Å². The smallest absolute Gasteiger partial charge is 0.326 e. The zero-order valence-corrected chi connectivity index (χ0v) is 14.4. The minimum Gasteiger partial charge on any atom is -0.468 e. The van der Waals surface area contributed by atoms with Crippen LogP contribution in [0.3, 0.4) is 0 Å². The fraction of sp³-hybridized carbons (Fsp3) is 0.562. The van der Waals surface area contributed by atoms with Crippen LogP contribution in [0, 0.1) is 5.82 Å². The molecule has 3 atom stereocenters. The van der Waals surface area contributed by atoms with Crippen LogP contribution in [0.4, 0.5) is 4.39 Å². The zero-order valence-electron chi connectivity index (χ0n) is 12.2. The summed E-state index contributed by atoms with van der Waals surface area (Å²) < 4.78 is 18.6. The number of esters is 1. The van der Waals surface area contributed by atoms with Crippen molar-refractivity contribution in [1.29, 1.82) is 0 Å². The van der Waals surface area contributed by atoms with Crippen molar-refractivity contribution in [2.45, 2.75) is 41.2 Å². The van der Waals surface area contributed by atoms with E-state index >= 15 is 0 Å². The Kier molecular flexibility index (Phi) is 3.76. The third-order valence-electron chi connectivity index (χ3n) is 5.17. The fourth-order valence-corrected chi connectivity index (χ4v) is 5.47. The number of carbonyl (C=O) groups is 1. The fourth-order valence-electron chi connectivity index (χ4n) is 4.04. The molecule has 114 valence electrons. The van der Waals surface area contributed by atoms with E-state index in [1.807, 2.05) is 12.1 Å². The highest BCUT2D eigenvalue weighted by atomic mass is 127. The van der Waals surface area contributed by atoms with Crippen LogP contribution in [-0.4, -0.2) is 34.0 Å². The highest BCUT2D eigenvalue weighted by Gasteiger charge is 2.63. The van der Waals surface area contributed by atoms with Gasteiger partial charge in [-0.15, -0.1) is 0 Å². The van der Waals surface area contributed by atoms with Crippen molar-refractivity contribution < 1.29 is 13.9 Å². The SMILES string of the molecule is COC(=O)C12CCCN1C(C)(c1ccc(F)cc1)C(I)C2. The lowest BCUT2D eigenvalue weighted by Crippen LogP contribution is -2.53. The van der Waals surface area contributed by atoms with Crippen molar-refractivity contribution in [2.24, 2.45) is 0 Å². The predicted octanol–water partition coefficient (Wildman–Crippen LogP) is 3.26. The molecule has 21 heavy (non-hydrogen) atoms. The minimum atomic E-state index is -0.510. The summed E-state index contributed by atoms with van der Waals surface area (Å²) in [5.74, 6) is -0.362. The van der Waals surface area contributed by atoms with Crippen molar-refractivity contribution in [3.63, 3.8) is 0 Å². The van der Waals surface area contributed by atoms with Gasteiger partial charge in [0.2, 0.25) is 0 Å². The van der Waals surface area contributed by atoms with Gasteiger partial charge < -0.3 is 4.74 Å². The van der Waals surface area contributed by atoms with Gasteiger partial charge in [-0.3, -0.25) is 9.69 Å². The summed E-state index contributed by atoms with van der Waals surface area (Å²) >= 11 is 2.43. The molecule has 3 nitrogen and oxygen atoms in total. The largest absolute Gasteiger partial charge is 0.468 e. The number of fused-ring (bicyclic) bond motifs is 1. The molecule has 0 amide bonds. The van der Waals surface area contributed by atoms with Crippen LogP contribution in [-0.2, 0) is 15.1 Å². The monoisotopic (exact) mass is 403 g/mol. The van der Waals surface area contributed by atoms with Crippen LogP contribution in [0.25, 0.3) is 0 Å². The van der Waals surface area contributed by atoms with E-state index in [-0.39, 0.29) is 21.3 Å². The Labute approximate surface area is 138 Å². The molecule has 0 aliphatic carbocycles. The van der Waals surface area contributed by atoms with Crippen molar-refractivity contribution in [3.8, 4) is 0 Å². The molecule has 3 unspecified atom stereocenters. The topological polar surface area (TPSA) is 29.5 Å². The first-order valence-electron chi connectivity index (χ1n) is 7.21. The summed E-state index contributed by atoms with van der Waals surface area (Å²) in [6.45, 7) is 3.04. The standard InChI is InChI=1S/C16H19FINO2/c1-15(11-4-6-12(17)7-5-11)13(18)10-16(14(20)21-2)8-3-9-19(15)16/h4-7,13H,3,8-10H2,1-2H3. The van der Waals surface area contributed by atoms with E-state index < -0.39 is 5.54 Å². The number of halogens is 2.